The molecule has 1 aromatic carbocycles. The topological polar surface area (TPSA) is 71.5 Å². The van der Waals surface area contributed by atoms with Crippen LogP contribution in [0.2, 0.25) is 0 Å². The number of piperazine rings is 1. The van der Waals surface area contributed by atoms with E-state index in [4.69, 9.17) is 4.74 Å². The van der Waals surface area contributed by atoms with Crippen molar-refractivity contribution in [1.29, 1.82) is 0 Å². The highest BCUT2D eigenvalue weighted by Gasteiger charge is 2.23. The summed E-state index contributed by atoms with van der Waals surface area (Å²) in [4.78, 5) is 20.5. The van der Waals surface area contributed by atoms with Gasteiger partial charge in [-0.25, -0.2) is 0 Å². The van der Waals surface area contributed by atoms with Crippen LogP contribution < -0.4 is 9.64 Å². The molecular weight excluding hydrogens is 354 g/mol. The normalized spacial score (nSPS) is 14.0. The first kappa shape index (κ1) is 17.9. The maximum absolute atomic E-state index is 12.5. The van der Waals surface area contributed by atoms with Crippen molar-refractivity contribution >= 4 is 11.7 Å². The third-order valence-corrected chi connectivity index (χ3v) is 4.83. The van der Waals surface area contributed by atoms with Gasteiger partial charge in [0.05, 0.1) is 12.8 Å². The summed E-state index contributed by atoms with van der Waals surface area (Å²) in [6, 6.07) is 15.2. The molecule has 7 nitrogen and oxygen atoms in total. The van der Waals surface area contributed by atoms with Gasteiger partial charge in [0, 0.05) is 49.7 Å². The molecule has 1 amide bonds. The summed E-state index contributed by atoms with van der Waals surface area (Å²) < 4.78 is 5.26. The predicted molar refractivity (Wildman–Crippen MR) is 106 cm³/mol. The Kier molecular flexibility index (Phi) is 5.14. The summed E-state index contributed by atoms with van der Waals surface area (Å²) in [5, 5.41) is 8.75. The fourth-order valence-corrected chi connectivity index (χ4v) is 3.25. The van der Waals surface area contributed by atoms with E-state index in [0.717, 1.165) is 35.9 Å². The van der Waals surface area contributed by atoms with Crippen molar-refractivity contribution in [3.8, 4) is 17.0 Å². The van der Waals surface area contributed by atoms with Gasteiger partial charge in [-0.2, -0.15) is 0 Å². The Hall–Kier alpha value is -3.48. The lowest BCUT2D eigenvalue weighted by Gasteiger charge is -2.35. The average molecular weight is 375 g/mol. The van der Waals surface area contributed by atoms with Crippen molar-refractivity contribution in [2.45, 2.75) is 0 Å². The molecule has 28 heavy (non-hydrogen) atoms. The molecule has 142 valence electrons. The number of pyridine rings is 1. The number of aromatic nitrogens is 3. The van der Waals surface area contributed by atoms with E-state index >= 15 is 0 Å². The van der Waals surface area contributed by atoms with Crippen molar-refractivity contribution in [2.75, 3.05) is 38.2 Å². The number of hydrogen-bond donors (Lipinski definition) is 0. The molecule has 4 rings (SSSR count). The average Bonchev–Trinajstić information content (AvgIpc) is 2.79. The molecule has 0 atom stereocenters. The second kappa shape index (κ2) is 8.04. The molecule has 1 saturated heterocycles. The zero-order valence-electron chi connectivity index (χ0n) is 15.7. The Morgan fingerprint density at radius 2 is 1.75 bits per heavy atom. The van der Waals surface area contributed by atoms with Gasteiger partial charge in [-0.3, -0.25) is 9.78 Å². The lowest BCUT2D eigenvalue weighted by molar-refractivity contribution is 0.0746. The first-order valence-electron chi connectivity index (χ1n) is 9.17. The van der Waals surface area contributed by atoms with Gasteiger partial charge in [-0.05, 0) is 36.4 Å². The number of rotatable bonds is 4. The number of hydrogen-bond acceptors (Lipinski definition) is 6. The molecule has 0 unspecified atom stereocenters. The smallest absolute Gasteiger partial charge is 0.254 e. The van der Waals surface area contributed by atoms with Gasteiger partial charge in [-0.1, -0.05) is 12.1 Å². The second-order valence-electron chi connectivity index (χ2n) is 6.52. The summed E-state index contributed by atoms with van der Waals surface area (Å²) in [6.45, 7) is 2.76. The lowest BCUT2D eigenvalue weighted by atomic mass is 10.1. The van der Waals surface area contributed by atoms with E-state index in [9.17, 15) is 4.79 Å². The summed E-state index contributed by atoms with van der Waals surface area (Å²) in [5.74, 6) is 1.66. The minimum atomic E-state index is 0.0431. The SMILES string of the molecule is COc1cccc(-c2ccc(N3CCN(C(=O)c4ccncc4)CC3)nn2)c1. The Morgan fingerprint density at radius 1 is 0.964 bits per heavy atom. The minimum absolute atomic E-state index is 0.0431. The van der Waals surface area contributed by atoms with Crippen LogP contribution in [0.4, 0.5) is 5.82 Å². The van der Waals surface area contributed by atoms with Gasteiger partial charge in [0.15, 0.2) is 5.82 Å². The molecule has 1 fully saturated rings. The minimum Gasteiger partial charge on any atom is -0.497 e. The summed E-state index contributed by atoms with van der Waals surface area (Å²) in [7, 11) is 1.65. The number of carbonyl (C=O) groups is 1. The van der Waals surface area contributed by atoms with Crippen LogP contribution >= 0.6 is 0 Å². The molecule has 7 heteroatoms. The van der Waals surface area contributed by atoms with Crippen molar-refractivity contribution in [3.05, 3.63) is 66.5 Å². The van der Waals surface area contributed by atoms with Gasteiger partial charge >= 0.3 is 0 Å². The number of carbonyl (C=O) groups excluding carboxylic acids is 1. The molecule has 2 aromatic heterocycles. The maximum atomic E-state index is 12.5. The van der Waals surface area contributed by atoms with Crippen molar-refractivity contribution in [2.24, 2.45) is 0 Å². The monoisotopic (exact) mass is 375 g/mol. The first-order valence-corrected chi connectivity index (χ1v) is 9.17. The summed E-state index contributed by atoms with van der Waals surface area (Å²) in [6.07, 6.45) is 3.28. The summed E-state index contributed by atoms with van der Waals surface area (Å²) in [5.41, 5.74) is 2.44. The van der Waals surface area contributed by atoms with E-state index in [2.05, 4.69) is 20.1 Å². The number of nitrogens with zero attached hydrogens (tertiary/aromatic N) is 5. The zero-order chi connectivity index (χ0) is 19.3. The van der Waals surface area contributed by atoms with Crippen molar-refractivity contribution in [3.63, 3.8) is 0 Å². The van der Waals surface area contributed by atoms with E-state index in [1.807, 2.05) is 41.3 Å². The fraction of sp³-hybridized carbons (Fsp3) is 0.238. The molecule has 0 saturated carbocycles. The van der Waals surface area contributed by atoms with Crippen LogP contribution in [0.3, 0.4) is 0 Å². The number of ether oxygens (including phenoxy) is 1. The molecule has 0 spiro atoms. The Bertz CT molecular complexity index is 939. The molecule has 1 aliphatic rings. The number of amides is 1. The van der Waals surface area contributed by atoms with E-state index in [1.54, 1.807) is 31.6 Å². The van der Waals surface area contributed by atoms with Crippen LogP contribution in [0.1, 0.15) is 10.4 Å². The molecular formula is C21H21N5O2. The van der Waals surface area contributed by atoms with Gasteiger partial charge in [0.1, 0.15) is 5.75 Å². The van der Waals surface area contributed by atoms with Gasteiger partial charge < -0.3 is 14.5 Å². The highest BCUT2D eigenvalue weighted by atomic mass is 16.5. The van der Waals surface area contributed by atoms with E-state index in [-0.39, 0.29) is 5.91 Å². The number of anilines is 1. The molecule has 0 bridgehead atoms. The molecule has 1 aliphatic heterocycles. The largest absolute Gasteiger partial charge is 0.497 e. The van der Waals surface area contributed by atoms with Gasteiger partial charge in [-0.15, -0.1) is 10.2 Å². The molecule has 3 heterocycles. The Balaban J connectivity index is 1.40. The quantitative estimate of drug-likeness (QED) is 0.698. The van der Waals surface area contributed by atoms with Gasteiger partial charge in [0.25, 0.3) is 5.91 Å². The number of benzene rings is 1. The molecule has 0 N–H and O–H groups in total. The first-order chi connectivity index (χ1) is 13.7. The van der Waals surface area contributed by atoms with Crippen molar-refractivity contribution < 1.29 is 9.53 Å². The van der Waals surface area contributed by atoms with Crippen LogP contribution in [0.5, 0.6) is 5.75 Å². The standard InChI is InChI=1S/C21H21N5O2/c1-28-18-4-2-3-17(15-18)19-5-6-20(24-23-19)25-11-13-26(14-12-25)21(27)16-7-9-22-10-8-16/h2-10,15H,11-14H2,1H3. The van der Waals surface area contributed by atoms with Crippen LogP contribution in [0.25, 0.3) is 11.3 Å². The Labute approximate surface area is 163 Å². The summed E-state index contributed by atoms with van der Waals surface area (Å²) >= 11 is 0. The van der Waals surface area contributed by atoms with Crippen LogP contribution in [-0.2, 0) is 0 Å². The van der Waals surface area contributed by atoms with E-state index in [0.29, 0.717) is 18.7 Å². The third-order valence-electron chi connectivity index (χ3n) is 4.83. The van der Waals surface area contributed by atoms with E-state index < -0.39 is 0 Å². The molecule has 0 aliphatic carbocycles. The Morgan fingerprint density at radius 3 is 2.43 bits per heavy atom. The van der Waals surface area contributed by atoms with Crippen LogP contribution in [0, 0.1) is 0 Å². The van der Waals surface area contributed by atoms with Crippen LogP contribution in [-0.4, -0.2) is 59.3 Å². The third kappa shape index (κ3) is 3.78. The second-order valence-corrected chi connectivity index (χ2v) is 6.52. The van der Waals surface area contributed by atoms with Crippen molar-refractivity contribution in [1.82, 2.24) is 20.1 Å². The number of methoxy groups -OCH3 is 1. The van der Waals surface area contributed by atoms with Gasteiger partial charge in [0.2, 0.25) is 0 Å². The lowest BCUT2D eigenvalue weighted by Crippen LogP contribution is -2.49. The van der Waals surface area contributed by atoms with E-state index in [1.165, 1.54) is 0 Å². The fourth-order valence-electron chi connectivity index (χ4n) is 3.25. The molecule has 3 aromatic rings. The van der Waals surface area contributed by atoms with Crippen LogP contribution in [0.15, 0.2) is 60.9 Å². The predicted octanol–water partition coefficient (Wildman–Crippen LogP) is 2.51. The maximum Gasteiger partial charge on any atom is 0.254 e. The zero-order valence-corrected chi connectivity index (χ0v) is 15.7. The molecule has 0 radical (unpaired) electrons. The highest BCUT2D eigenvalue weighted by Crippen LogP contribution is 2.23. The highest BCUT2D eigenvalue weighted by molar-refractivity contribution is 5.94.